The molecule has 16 heavy (non-hydrogen) atoms. The number of benzene rings is 1. The second-order valence-corrected chi connectivity index (χ2v) is 3.92. The van der Waals surface area contributed by atoms with Gasteiger partial charge in [-0.15, -0.1) is 0 Å². The van der Waals surface area contributed by atoms with Crippen LogP contribution in [0.1, 0.15) is 6.42 Å². The van der Waals surface area contributed by atoms with Gasteiger partial charge in [-0.25, -0.2) is 0 Å². The van der Waals surface area contributed by atoms with Crippen molar-refractivity contribution in [1.82, 2.24) is 5.32 Å². The molecular formula is C11H14N2O3. The van der Waals surface area contributed by atoms with Gasteiger partial charge in [-0.05, 0) is 19.0 Å². The third-order valence-electron chi connectivity index (χ3n) is 2.68. The molecule has 86 valence electrons. The van der Waals surface area contributed by atoms with Gasteiger partial charge in [0, 0.05) is 18.5 Å². The average Bonchev–Trinajstić information content (AvgIpc) is 2.79. The van der Waals surface area contributed by atoms with Gasteiger partial charge in [-0.2, -0.15) is 0 Å². The van der Waals surface area contributed by atoms with Crippen LogP contribution in [-0.4, -0.2) is 24.6 Å². The maximum atomic E-state index is 10.6. The van der Waals surface area contributed by atoms with Crippen LogP contribution in [0, 0.1) is 16.0 Å². The van der Waals surface area contributed by atoms with Crippen molar-refractivity contribution < 1.29 is 9.66 Å². The summed E-state index contributed by atoms with van der Waals surface area (Å²) >= 11 is 0. The number of nitro groups is 1. The Morgan fingerprint density at radius 3 is 3.12 bits per heavy atom. The highest BCUT2D eigenvalue weighted by Gasteiger charge is 2.15. The van der Waals surface area contributed by atoms with Gasteiger partial charge in [0.15, 0.2) is 0 Å². The lowest BCUT2D eigenvalue weighted by Gasteiger charge is -2.10. The van der Waals surface area contributed by atoms with Crippen molar-refractivity contribution >= 4 is 5.69 Å². The minimum atomic E-state index is -0.413. The molecule has 1 N–H and O–H groups in total. The van der Waals surface area contributed by atoms with Crippen LogP contribution in [0.2, 0.25) is 0 Å². The highest BCUT2D eigenvalue weighted by Crippen LogP contribution is 2.20. The van der Waals surface area contributed by atoms with Gasteiger partial charge in [0.25, 0.3) is 5.69 Å². The molecule has 0 bridgehead atoms. The van der Waals surface area contributed by atoms with E-state index >= 15 is 0 Å². The number of non-ortho nitro benzene ring substituents is 1. The monoisotopic (exact) mass is 222 g/mol. The maximum Gasteiger partial charge on any atom is 0.273 e. The van der Waals surface area contributed by atoms with Crippen molar-refractivity contribution in [3.8, 4) is 5.75 Å². The molecule has 0 saturated carbocycles. The van der Waals surface area contributed by atoms with Crippen LogP contribution in [0.25, 0.3) is 0 Å². The lowest BCUT2D eigenvalue weighted by atomic mass is 10.1. The smallest absolute Gasteiger partial charge is 0.273 e. The zero-order valence-electron chi connectivity index (χ0n) is 8.89. The topological polar surface area (TPSA) is 64.4 Å². The molecule has 5 nitrogen and oxygen atoms in total. The van der Waals surface area contributed by atoms with Gasteiger partial charge in [0.2, 0.25) is 0 Å². The largest absolute Gasteiger partial charge is 0.493 e. The fraction of sp³-hybridized carbons (Fsp3) is 0.455. The van der Waals surface area contributed by atoms with Crippen molar-refractivity contribution in [2.24, 2.45) is 5.92 Å². The Morgan fingerprint density at radius 1 is 1.56 bits per heavy atom. The Bertz CT molecular complexity index is 375. The first kappa shape index (κ1) is 10.9. The molecule has 0 aliphatic carbocycles. The summed E-state index contributed by atoms with van der Waals surface area (Å²) in [6.07, 6.45) is 1.11. The van der Waals surface area contributed by atoms with Gasteiger partial charge in [-0.3, -0.25) is 10.1 Å². The number of nitrogens with one attached hydrogen (secondary N) is 1. The molecule has 5 heteroatoms. The molecule has 1 aromatic rings. The molecule has 1 saturated heterocycles. The predicted octanol–water partition coefficient (Wildman–Crippen LogP) is 1.58. The summed E-state index contributed by atoms with van der Waals surface area (Å²) in [5, 5.41) is 13.8. The molecule has 0 radical (unpaired) electrons. The summed E-state index contributed by atoms with van der Waals surface area (Å²) in [6, 6.07) is 6.31. The first-order chi connectivity index (χ1) is 7.75. The predicted molar refractivity (Wildman–Crippen MR) is 59.6 cm³/mol. The van der Waals surface area contributed by atoms with Crippen LogP contribution in [0.3, 0.4) is 0 Å². The van der Waals surface area contributed by atoms with Gasteiger partial charge in [0.1, 0.15) is 5.75 Å². The Balaban J connectivity index is 1.93. The third kappa shape index (κ3) is 2.70. The van der Waals surface area contributed by atoms with E-state index in [1.165, 1.54) is 12.1 Å². The second kappa shape index (κ2) is 4.94. The summed E-state index contributed by atoms with van der Waals surface area (Å²) < 4.78 is 5.54. The molecule has 0 amide bonds. The van der Waals surface area contributed by atoms with Crippen molar-refractivity contribution in [3.05, 3.63) is 34.4 Å². The Kier molecular flexibility index (Phi) is 3.36. The van der Waals surface area contributed by atoms with E-state index in [1.54, 1.807) is 12.1 Å². The maximum absolute atomic E-state index is 10.6. The lowest BCUT2D eigenvalue weighted by molar-refractivity contribution is -0.384. The van der Waals surface area contributed by atoms with E-state index in [-0.39, 0.29) is 5.69 Å². The van der Waals surface area contributed by atoms with E-state index in [4.69, 9.17) is 4.74 Å². The second-order valence-electron chi connectivity index (χ2n) is 3.92. The van der Waals surface area contributed by atoms with Crippen molar-refractivity contribution in [2.75, 3.05) is 19.7 Å². The molecule has 1 aliphatic rings. The number of hydrogen-bond donors (Lipinski definition) is 1. The summed E-state index contributed by atoms with van der Waals surface area (Å²) in [6.45, 7) is 2.62. The molecule has 1 aliphatic heterocycles. The zero-order valence-corrected chi connectivity index (χ0v) is 8.89. The Hall–Kier alpha value is -1.62. The van der Waals surface area contributed by atoms with Crippen molar-refractivity contribution in [1.29, 1.82) is 0 Å². The fourth-order valence-electron chi connectivity index (χ4n) is 1.76. The number of ether oxygens (including phenoxy) is 1. The Morgan fingerprint density at radius 2 is 2.44 bits per heavy atom. The fourth-order valence-corrected chi connectivity index (χ4v) is 1.76. The van der Waals surface area contributed by atoms with E-state index in [0.29, 0.717) is 18.3 Å². The van der Waals surface area contributed by atoms with Crippen LogP contribution < -0.4 is 10.1 Å². The lowest BCUT2D eigenvalue weighted by Crippen LogP contribution is -2.15. The summed E-state index contributed by atoms with van der Waals surface area (Å²) in [7, 11) is 0. The number of nitrogens with zero attached hydrogens (tertiary/aromatic N) is 1. The van der Waals surface area contributed by atoms with Crippen LogP contribution in [-0.2, 0) is 0 Å². The minimum absolute atomic E-state index is 0.0713. The highest BCUT2D eigenvalue weighted by atomic mass is 16.6. The summed E-state index contributed by atoms with van der Waals surface area (Å²) in [4.78, 5) is 10.1. The molecule has 0 unspecified atom stereocenters. The highest BCUT2D eigenvalue weighted by molar-refractivity contribution is 5.37. The number of nitro benzene ring substituents is 1. The van der Waals surface area contributed by atoms with E-state index in [0.717, 1.165) is 19.5 Å². The van der Waals surface area contributed by atoms with Gasteiger partial charge >= 0.3 is 0 Å². The average molecular weight is 222 g/mol. The van der Waals surface area contributed by atoms with Crippen LogP contribution in [0.5, 0.6) is 5.75 Å². The molecule has 1 fully saturated rings. The van der Waals surface area contributed by atoms with Crippen molar-refractivity contribution in [2.45, 2.75) is 6.42 Å². The van der Waals surface area contributed by atoms with Gasteiger partial charge in [0.05, 0.1) is 17.6 Å². The molecule has 1 aromatic carbocycles. The van der Waals surface area contributed by atoms with Crippen molar-refractivity contribution in [3.63, 3.8) is 0 Å². The normalized spacial score (nSPS) is 19.6. The Labute approximate surface area is 93.6 Å². The first-order valence-electron chi connectivity index (χ1n) is 5.33. The van der Waals surface area contributed by atoms with E-state index in [1.807, 2.05) is 0 Å². The standard InChI is InChI=1S/C11H14N2O3/c14-13(15)10-2-1-3-11(6-10)16-8-9-4-5-12-7-9/h1-3,6,9,12H,4-5,7-8H2/t9-/m1/s1. The first-order valence-corrected chi connectivity index (χ1v) is 5.33. The quantitative estimate of drug-likeness (QED) is 0.620. The molecule has 2 rings (SSSR count). The number of rotatable bonds is 4. The molecule has 1 heterocycles. The molecule has 1 atom stereocenters. The summed E-state index contributed by atoms with van der Waals surface area (Å²) in [5.41, 5.74) is 0.0713. The molecule has 0 spiro atoms. The van der Waals surface area contributed by atoms with E-state index < -0.39 is 4.92 Å². The summed E-state index contributed by atoms with van der Waals surface area (Å²) in [5.74, 6) is 1.08. The van der Waals surface area contributed by atoms with Crippen LogP contribution in [0.4, 0.5) is 5.69 Å². The van der Waals surface area contributed by atoms with Gasteiger partial charge < -0.3 is 10.1 Å². The third-order valence-corrected chi connectivity index (χ3v) is 2.68. The SMILES string of the molecule is O=[N+]([O-])c1cccc(OC[C@@H]2CCNC2)c1. The van der Waals surface area contributed by atoms with E-state index in [9.17, 15) is 10.1 Å². The molecular weight excluding hydrogens is 208 g/mol. The van der Waals surface area contributed by atoms with Crippen LogP contribution >= 0.6 is 0 Å². The number of hydrogen-bond acceptors (Lipinski definition) is 4. The van der Waals surface area contributed by atoms with E-state index in [2.05, 4.69) is 5.32 Å². The zero-order chi connectivity index (χ0) is 11.4. The minimum Gasteiger partial charge on any atom is -0.493 e. The van der Waals surface area contributed by atoms with Crippen LogP contribution in [0.15, 0.2) is 24.3 Å². The molecule has 0 aromatic heterocycles. The van der Waals surface area contributed by atoms with Gasteiger partial charge in [-0.1, -0.05) is 6.07 Å².